The number of nitrogens with one attached hydrogen (secondary N) is 1. The monoisotopic (exact) mass is 275 g/mol. The van der Waals surface area contributed by atoms with Crippen molar-refractivity contribution in [3.8, 4) is 6.07 Å². The highest BCUT2D eigenvalue weighted by molar-refractivity contribution is 5.45. The molecule has 0 aliphatic heterocycles. The van der Waals surface area contributed by atoms with Crippen molar-refractivity contribution in [2.45, 2.75) is 31.2 Å². The molecule has 0 aromatic heterocycles. The van der Waals surface area contributed by atoms with Gasteiger partial charge in [-0.25, -0.2) is 4.39 Å². The van der Waals surface area contributed by atoms with Gasteiger partial charge in [-0.1, -0.05) is 6.42 Å². The van der Waals surface area contributed by atoms with Crippen molar-refractivity contribution >= 4 is 5.69 Å². The summed E-state index contributed by atoms with van der Waals surface area (Å²) in [6.07, 6.45) is 4.12. The third-order valence-electron chi connectivity index (χ3n) is 4.55. The predicted molar refractivity (Wildman–Crippen MR) is 79.0 cm³/mol. The number of nitrogens with zero attached hydrogens (tertiary/aromatic N) is 2. The molecule has 3 nitrogen and oxygen atoms in total. The van der Waals surface area contributed by atoms with Gasteiger partial charge in [-0.2, -0.15) is 5.26 Å². The van der Waals surface area contributed by atoms with Crippen LogP contribution in [0.25, 0.3) is 0 Å². The molecule has 4 heteroatoms. The van der Waals surface area contributed by atoms with Crippen LogP contribution in [0.3, 0.4) is 0 Å². The summed E-state index contributed by atoms with van der Waals surface area (Å²) in [5.74, 6) is 0.178. The van der Waals surface area contributed by atoms with Crippen LogP contribution in [0.1, 0.15) is 25.7 Å². The first kappa shape index (κ1) is 14.8. The van der Waals surface area contributed by atoms with Crippen molar-refractivity contribution in [2.75, 3.05) is 25.5 Å². The zero-order valence-corrected chi connectivity index (χ0v) is 12.2. The summed E-state index contributed by atoms with van der Waals surface area (Å²) < 4.78 is 12.9. The Morgan fingerprint density at radius 1 is 1.45 bits per heavy atom. The van der Waals surface area contributed by atoms with Crippen LogP contribution in [-0.2, 0) is 0 Å². The summed E-state index contributed by atoms with van der Waals surface area (Å²) >= 11 is 0. The second-order valence-corrected chi connectivity index (χ2v) is 5.61. The van der Waals surface area contributed by atoms with Crippen molar-refractivity contribution in [3.05, 3.63) is 30.1 Å². The zero-order chi connectivity index (χ0) is 14.6. The number of benzene rings is 1. The molecular formula is C16H22FN3. The van der Waals surface area contributed by atoms with Gasteiger partial charge in [0, 0.05) is 19.3 Å². The normalized spacial score (nSPS) is 25.4. The molecule has 0 saturated heterocycles. The highest BCUT2D eigenvalue weighted by Gasteiger charge is 2.41. The standard InChI is InChI=1S/C16H22FN3/c1-19-16(12-18)10-3-4-13(16)9-11-20(2)15-7-5-14(17)6-8-15/h5-8,13,19H,3-4,9-11H2,1-2H3. The van der Waals surface area contributed by atoms with E-state index in [0.717, 1.165) is 37.9 Å². The van der Waals surface area contributed by atoms with Gasteiger partial charge in [0.25, 0.3) is 0 Å². The van der Waals surface area contributed by atoms with E-state index in [4.69, 9.17) is 0 Å². The Balaban J connectivity index is 1.95. The van der Waals surface area contributed by atoms with E-state index in [1.54, 1.807) is 12.1 Å². The smallest absolute Gasteiger partial charge is 0.123 e. The molecular weight excluding hydrogens is 253 g/mol. The average Bonchev–Trinajstić information content (AvgIpc) is 2.89. The maximum absolute atomic E-state index is 12.9. The summed E-state index contributed by atoms with van der Waals surface area (Å²) in [6.45, 7) is 0.876. The van der Waals surface area contributed by atoms with E-state index in [1.165, 1.54) is 12.1 Å². The lowest BCUT2D eigenvalue weighted by Crippen LogP contribution is -2.45. The maximum Gasteiger partial charge on any atom is 0.123 e. The predicted octanol–water partition coefficient (Wildman–Crippen LogP) is 2.93. The van der Waals surface area contributed by atoms with Crippen LogP contribution in [0.5, 0.6) is 0 Å². The topological polar surface area (TPSA) is 39.1 Å². The fourth-order valence-corrected chi connectivity index (χ4v) is 3.17. The van der Waals surface area contributed by atoms with E-state index >= 15 is 0 Å². The van der Waals surface area contributed by atoms with Crippen molar-refractivity contribution < 1.29 is 4.39 Å². The Labute approximate surface area is 120 Å². The van der Waals surface area contributed by atoms with Gasteiger partial charge in [-0.15, -0.1) is 0 Å². The number of rotatable bonds is 5. The molecule has 2 atom stereocenters. The summed E-state index contributed by atoms with van der Waals surface area (Å²) in [5, 5.41) is 12.7. The second kappa shape index (κ2) is 6.23. The van der Waals surface area contributed by atoms with E-state index in [2.05, 4.69) is 16.3 Å². The minimum atomic E-state index is -0.358. The van der Waals surface area contributed by atoms with Crippen LogP contribution in [0.15, 0.2) is 24.3 Å². The Hall–Kier alpha value is -1.60. The molecule has 2 rings (SSSR count). The second-order valence-electron chi connectivity index (χ2n) is 5.61. The van der Waals surface area contributed by atoms with Gasteiger partial charge in [-0.3, -0.25) is 0 Å². The van der Waals surface area contributed by atoms with E-state index in [1.807, 2.05) is 14.1 Å². The SMILES string of the molecule is CNC1(C#N)CCCC1CCN(C)c1ccc(F)cc1. The number of halogens is 1. The summed E-state index contributed by atoms with van der Waals surface area (Å²) in [4.78, 5) is 2.12. The molecule has 0 radical (unpaired) electrons. The number of hydrogen-bond donors (Lipinski definition) is 1. The molecule has 2 unspecified atom stereocenters. The molecule has 0 amide bonds. The highest BCUT2D eigenvalue weighted by Crippen LogP contribution is 2.37. The van der Waals surface area contributed by atoms with Gasteiger partial charge < -0.3 is 10.2 Å². The Morgan fingerprint density at radius 2 is 2.15 bits per heavy atom. The number of nitriles is 1. The van der Waals surface area contributed by atoms with Crippen LogP contribution in [0, 0.1) is 23.1 Å². The summed E-state index contributed by atoms with van der Waals surface area (Å²) in [6, 6.07) is 9.01. The van der Waals surface area contributed by atoms with Gasteiger partial charge in [0.2, 0.25) is 0 Å². The molecule has 0 bridgehead atoms. The Kier molecular flexibility index (Phi) is 4.61. The van der Waals surface area contributed by atoms with Crippen LogP contribution >= 0.6 is 0 Å². The molecule has 20 heavy (non-hydrogen) atoms. The van der Waals surface area contributed by atoms with Crippen LogP contribution in [-0.4, -0.2) is 26.2 Å². The Morgan fingerprint density at radius 3 is 2.75 bits per heavy atom. The molecule has 1 saturated carbocycles. The van der Waals surface area contributed by atoms with Crippen LogP contribution in [0.4, 0.5) is 10.1 Å². The summed E-state index contributed by atoms with van der Waals surface area (Å²) in [7, 11) is 3.89. The minimum absolute atomic E-state index is 0.211. The Bertz CT molecular complexity index is 479. The van der Waals surface area contributed by atoms with Crippen LogP contribution in [0.2, 0.25) is 0 Å². The van der Waals surface area contributed by atoms with Gasteiger partial charge in [0.1, 0.15) is 11.4 Å². The van der Waals surface area contributed by atoms with Crippen molar-refractivity contribution in [1.82, 2.24) is 5.32 Å². The molecule has 0 heterocycles. The lowest BCUT2D eigenvalue weighted by Gasteiger charge is -2.30. The molecule has 1 aromatic carbocycles. The van der Waals surface area contributed by atoms with Crippen molar-refractivity contribution in [3.63, 3.8) is 0 Å². The van der Waals surface area contributed by atoms with E-state index < -0.39 is 0 Å². The number of anilines is 1. The first-order chi connectivity index (χ1) is 9.61. The molecule has 108 valence electrons. The van der Waals surface area contributed by atoms with Crippen LogP contribution < -0.4 is 10.2 Å². The molecule has 1 aliphatic carbocycles. The molecule has 0 spiro atoms. The molecule has 1 fully saturated rings. The maximum atomic E-state index is 12.9. The van der Waals surface area contributed by atoms with Gasteiger partial charge in [0.05, 0.1) is 6.07 Å². The van der Waals surface area contributed by atoms with E-state index in [0.29, 0.717) is 5.92 Å². The highest BCUT2D eigenvalue weighted by atomic mass is 19.1. The quantitative estimate of drug-likeness (QED) is 0.898. The van der Waals surface area contributed by atoms with Crippen molar-refractivity contribution in [2.24, 2.45) is 5.92 Å². The third-order valence-corrected chi connectivity index (χ3v) is 4.55. The van der Waals surface area contributed by atoms with Gasteiger partial charge >= 0.3 is 0 Å². The average molecular weight is 275 g/mol. The third kappa shape index (κ3) is 2.94. The molecule has 1 aliphatic rings. The lowest BCUT2D eigenvalue weighted by atomic mass is 9.86. The molecule has 1 aromatic rings. The van der Waals surface area contributed by atoms with Gasteiger partial charge in [-0.05, 0) is 56.5 Å². The minimum Gasteiger partial charge on any atom is -0.375 e. The van der Waals surface area contributed by atoms with E-state index in [-0.39, 0.29) is 11.4 Å². The van der Waals surface area contributed by atoms with Crippen molar-refractivity contribution in [1.29, 1.82) is 5.26 Å². The largest absolute Gasteiger partial charge is 0.375 e. The summed E-state index contributed by atoms with van der Waals surface area (Å²) in [5.41, 5.74) is 0.653. The fourth-order valence-electron chi connectivity index (χ4n) is 3.17. The first-order valence-electron chi connectivity index (χ1n) is 7.18. The first-order valence-corrected chi connectivity index (χ1v) is 7.18. The number of hydrogen-bond acceptors (Lipinski definition) is 3. The fraction of sp³-hybridized carbons (Fsp3) is 0.562. The van der Waals surface area contributed by atoms with Gasteiger partial charge in [0.15, 0.2) is 0 Å². The zero-order valence-electron chi connectivity index (χ0n) is 12.2. The lowest BCUT2D eigenvalue weighted by molar-refractivity contribution is 0.323. The molecule has 1 N–H and O–H groups in total. The van der Waals surface area contributed by atoms with E-state index in [9.17, 15) is 9.65 Å².